The lowest BCUT2D eigenvalue weighted by atomic mass is 10.2. The number of thioether (sulfide) groups is 1. The van der Waals surface area contributed by atoms with Crippen molar-refractivity contribution in [2.45, 2.75) is 31.9 Å². The van der Waals surface area contributed by atoms with Crippen molar-refractivity contribution in [1.82, 2.24) is 5.32 Å². The maximum atomic E-state index is 11.4. The first kappa shape index (κ1) is 17.3. The van der Waals surface area contributed by atoms with E-state index in [0.717, 1.165) is 24.2 Å². The van der Waals surface area contributed by atoms with Gasteiger partial charge in [-0.3, -0.25) is 4.79 Å². The first-order valence-electron chi connectivity index (χ1n) is 7.53. The first-order valence-corrected chi connectivity index (χ1v) is 8.41. The smallest absolute Gasteiger partial charge is 0.239 e. The molecule has 1 aliphatic rings. The Morgan fingerprint density at radius 1 is 1.39 bits per heavy atom. The highest BCUT2D eigenvalue weighted by molar-refractivity contribution is 8.15. The van der Waals surface area contributed by atoms with Crippen molar-refractivity contribution >= 4 is 29.1 Å². The summed E-state index contributed by atoms with van der Waals surface area (Å²) in [7, 11) is 1.61. The molecule has 0 aromatic heterocycles. The summed E-state index contributed by atoms with van der Waals surface area (Å²) in [6, 6.07) is 5.58. The van der Waals surface area contributed by atoms with Gasteiger partial charge in [-0.2, -0.15) is 5.10 Å². The van der Waals surface area contributed by atoms with Crippen LogP contribution in [0.3, 0.4) is 0 Å². The van der Waals surface area contributed by atoms with Gasteiger partial charge in [-0.25, -0.2) is 0 Å². The molecule has 1 fully saturated rings. The van der Waals surface area contributed by atoms with Crippen molar-refractivity contribution in [3.05, 3.63) is 23.8 Å². The van der Waals surface area contributed by atoms with Crippen LogP contribution in [0.4, 0.5) is 0 Å². The highest BCUT2D eigenvalue weighted by atomic mass is 32.2. The van der Waals surface area contributed by atoms with E-state index in [1.54, 1.807) is 13.3 Å². The van der Waals surface area contributed by atoms with Crippen LogP contribution in [0.2, 0.25) is 0 Å². The molecule has 2 rings (SSSR count). The Bertz CT molecular complexity index is 617. The molecule has 1 aromatic carbocycles. The monoisotopic (exact) mass is 335 g/mol. The van der Waals surface area contributed by atoms with Crippen LogP contribution in [-0.2, 0) is 4.79 Å². The first-order chi connectivity index (χ1) is 11.1. The summed E-state index contributed by atoms with van der Waals surface area (Å²) in [6.45, 7) is 4.62. The van der Waals surface area contributed by atoms with Gasteiger partial charge in [-0.05, 0) is 37.1 Å². The third-order valence-corrected chi connectivity index (χ3v) is 4.16. The zero-order valence-corrected chi connectivity index (χ0v) is 14.4. The molecule has 1 heterocycles. The molecule has 0 bridgehead atoms. The Kier molecular flexibility index (Phi) is 6.46. The number of hydrogen-bond acceptors (Lipinski definition) is 6. The molecule has 1 N–H and O–H groups in total. The molecule has 0 spiro atoms. The SMILES string of the molecule is CCCCOc1ccc(/C=N\N=C2/NC(=O)[C@H](C)S2)cc1OC. The number of amides is 1. The molecule has 1 aromatic rings. The van der Waals surface area contributed by atoms with Crippen LogP contribution < -0.4 is 14.8 Å². The average Bonchev–Trinajstić information content (AvgIpc) is 2.87. The minimum absolute atomic E-state index is 0.0424. The topological polar surface area (TPSA) is 72.3 Å². The number of nitrogens with zero attached hydrogens (tertiary/aromatic N) is 2. The number of amidine groups is 1. The van der Waals surface area contributed by atoms with Gasteiger partial charge in [0.15, 0.2) is 16.7 Å². The Balaban J connectivity index is 2.01. The molecule has 124 valence electrons. The van der Waals surface area contributed by atoms with E-state index >= 15 is 0 Å². The van der Waals surface area contributed by atoms with Crippen molar-refractivity contribution < 1.29 is 14.3 Å². The molecular weight excluding hydrogens is 314 g/mol. The quantitative estimate of drug-likeness (QED) is 0.472. The van der Waals surface area contributed by atoms with Crippen molar-refractivity contribution in [3.8, 4) is 11.5 Å². The minimum Gasteiger partial charge on any atom is -0.493 e. The molecule has 23 heavy (non-hydrogen) atoms. The number of hydrogen-bond donors (Lipinski definition) is 1. The van der Waals surface area contributed by atoms with Crippen LogP contribution in [0.5, 0.6) is 11.5 Å². The van der Waals surface area contributed by atoms with Gasteiger partial charge < -0.3 is 14.8 Å². The Morgan fingerprint density at radius 3 is 2.87 bits per heavy atom. The molecule has 0 radical (unpaired) electrons. The number of carbonyl (C=O) groups excluding carboxylic acids is 1. The van der Waals surface area contributed by atoms with Crippen molar-refractivity contribution in [2.24, 2.45) is 10.2 Å². The van der Waals surface area contributed by atoms with Crippen molar-refractivity contribution in [3.63, 3.8) is 0 Å². The number of ether oxygens (including phenoxy) is 2. The largest absolute Gasteiger partial charge is 0.493 e. The average molecular weight is 335 g/mol. The fourth-order valence-electron chi connectivity index (χ4n) is 1.86. The summed E-state index contributed by atoms with van der Waals surface area (Å²) in [4.78, 5) is 11.4. The summed E-state index contributed by atoms with van der Waals surface area (Å²) in [5, 5.41) is 11.1. The lowest BCUT2D eigenvalue weighted by molar-refractivity contribution is -0.118. The molecule has 0 saturated carbocycles. The summed E-state index contributed by atoms with van der Waals surface area (Å²) in [5.41, 5.74) is 0.844. The van der Waals surface area contributed by atoms with Gasteiger partial charge in [0.2, 0.25) is 5.91 Å². The molecule has 7 heteroatoms. The van der Waals surface area contributed by atoms with E-state index in [1.165, 1.54) is 11.8 Å². The second kappa shape index (κ2) is 8.57. The zero-order valence-electron chi connectivity index (χ0n) is 13.5. The third kappa shape index (κ3) is 4.99. The Morgan fingerprint density at radius 2 is 2.22 bits per heavy atom. The number of benzene rings is 1. The molecular formula is C16H21N3O3S. The van der Waals surface area contributed by atoms with E-state index in [-0.39, 0.29) is 11.2 Å². The maximum absolute atomic E-state index is 11.4. The molecule has 0 unspecified atom stereocenters. The van der Waals surface area contributed by atoms with Gasteiger partial charge in [0.1, 0.15) is 0 Å². The predicted molar refractivity (Wildman–Crippen MR) is 93.6 cm³/mol. The number of unbranched alkanes of at least 4 members (excludes halogenated alkanes) is 1. The van der Waals surface area contributed by atoms with Gasteiger partial charge >= 0.3 is 0 Å². The number of methoxy groups -OCH3 is 1. The zero-order chi connectivity index (χ0) is 16.7. The van der Waals surface area contributed by atoms with E-state index < -0.39 is 0 Å². The van der Waals surface area contributed by atoms with Crippen LogP contribution in [0.25, 0.3) is 0 Å². The highest BCUT2D eigenvalue weighted by Gasteiger charge is 2.25. The lowest BCUT2D eigenvalue weighted by Gasteiger charge is -2.10. The van der Waals surface area contributed by atoms with Gasteiger partial charge in [0.25, 0.3) is 0 Å². The van der Waals surface area contributed by atoms with Crippen molar-refractivity contribution in [2.75, 3.05) is 13.7 Å². The summed E-state index contributed by atoms with van der Waals surface area (Å²) in [6.07, 6.45) is 3.70. The van der Waals surface area contributed by atoms with E-state index in [2.05, 4.69) is 22.4 Å². The second-order valence-electron chi connectivity index (χ2n) is 5.01. The van der Waals surface area contributed by atoms with Gasteiger partial charge in [-0.15, -0.1) is 5.10 Å². The van der Waals surface area contributed by atoms with E-state index in [0.29, 0.717) is 17.5 Å². The molecule has 1 aliphatic heterocycles. The second-order valence-corrected chi connectivity index (χ2v) is 6.34. The summed E-state index contributed by atoms with van der Waals surface area (Å²) >= 11 is 1.36. The minimum atomic E-state index is -0.122. The van der Waals surface area contributed by atoms with Crippen LogP contribution in [0.15, 0.2) is 28.4 Å². The number of rotatable bonds is 7. The molecule has 1 amide bonds. The van der Waals surface area contributed by atoms with E-state index in [9.17, 15) is 4.79 Å². The molecule has 1 atom stereocenters. The predicted octanol–water partition coefficient (Wildman–Crippen LogP) is 2.82. The number of carbonyl (C=O) groups is 1. The summed E-state index contributed by atoms with van der Waals surface area (Å²) < 4.78 is 11.0. The maximum Gasteiger partial charge on any atom is 0.239 e. The Labute approximate surface area is 140 Å². The molecule has 6 nitrogen and oxygen atoms in total. The lowest BCUT2D eigenvalue weighted by Crippen LogP contribution is -2.23. The third-order valence-electron chi connectivity index (χ3n) is 3.19. The van der Waals surface area contributed by atoms with E-state index in [1.807, 2.05) is 25.1 Å². The van der Waals surface area contributed by atoms with Crippen LogP contribution in [0, 0.1) is 0 Å². The van der Waals surface area contributed by atoms with Crippen LogP contribution in [-0.4, -0.2) is 36.3 Å². The number of nitrogens with one attached hydrogen (secondary N) is 1. The van der Waals surface area contributed by atoms with Gasteiger partial charge in [0, 0.05) is 0 Å². The fraction of sp³-hybridized carbons (Fsp3) is 0.438. The van der Waals surface area contributed by atoms with Crippen LogP contribution >= 0.6 is 11.8 Å². The van der Waals surface area contributed by atoms with Crippen LogP contribution in [0.1, 0.15) is 32.3 Å². The molecule has 1 saturated heterocycles. The fourth-order valence-corrected chi connectivity index (χ4v) is 2.62. The van der Waals surface area contributed by atoms with Gasteiger partial charge in [-0.1, -0.05) is 25.1 Å². The highest BCUT2D eigenvalue weighted by Crippen LogP contribution is 2.27. The van der Waals surface area contributed by atoms with E-state index in [4.69, 9.17) is 9.47 Å². The standard InChI is InChI=1S/C16H21N3O3S/c1-4-5-8-22-13-7-6-12(9-14(13)21-3)10-17-19-16-18-15(20)11(2)23-16/h6-7,9-11H,4-5,8H2,1-3H3,(H,18,19,20)/b17-10-/t11-/m0/s1. The Hall–Kier alpha value is -2.02. The van der Waals surface area contributed by atoms with Gasteiger partial charge in [0.05, 0.1) is 25.2 Å². The molecule has 0 aliphatic carbocycles. The van der Waals surface area contributed by atoms with Crippen molar-refractivity contribution in [1.29, 1.82) is 0 Å². The summed E-state index contributed by atoms with van der Waals surface area (Å²) in [5.74, 6) is 1.34. The normalized spacial score (nSPS) is 19.3.